The van der Waals surface area contributed by atoms with Gasteiger partial charge < -0.3 is 20.2 Å². The molecule has 0 radical (unpaired) electrons. The molecular weight excluding hydrogens is 262 g/mol. The van der Waals surface area contributed by atoms with Gasteiger partial charge in [0.1, 0.15) is 6.04 Å². The van der Waals surface area contributed by atoms with Crippen molar-refractivity contribution in [1.82, 2.24) is 15.1 Å². The highest BCUT2D eigenvalue weighted by atomic mass is 16.4. The molecule has 0 unspecified atom stereocenters. The molecule has 0 spiro atoms. The zero-order chi connectivity index (χ0) is 15.1. The van der Waals surface area contributed by atoms with E-state index < -0.39 is 12.0 Å². The first kappa shape index (κ1) is 16.3. The molecule has 7 nitrogen and oxygen atoms in total. The minimum absolute atomic E-state index is 0.00153. The Bertz CT molecular complexity index is 373. The summed E-state index contributed by atoms with van der Waals surface area (Å²) in [4.78, 5) is 37.7. The van der Waals surface area contributed by atoms with Crippen LogP contribution in [-0.4, -0.2) is 65.0 Å². The molecule has 3 amide bonds. The Kier molecular flexibility index (Phi) is 6.27. The van der Waals surface area contributed by atoms with E-state index in [1.165, 1.54) is 6.92 Å². The van der Waals surface area contributed by atoms with Gasteiger partial charge in [-0.3, -0.25) is 4.79 Å². The van der Waals surface area contributed by atoms with Crippen LogP contribution in [0.25, 0.3) is 0 Å². The van der Waals surface area contributed by atoms with E-state index in [0.717, 1.165) is 0 Å². The first-order chi connectivity index (χ1) is 9.45. The molecule has 1 aliphatic heterocycles. The zero-order valence-electron chi connectivity index (χ0n) is 12.1. The normalized spacial score (nSPS) is 17.3. The molecule has 2 N–H and O–H groups in total. The molecule has 0 bridgehead atoms. The van der Waals surface area contributed by atoms with E-state index in [4.69, 9.17) is 5.11 Å². The van der Waals surface area contributed by atoms with Gasteiger partial charge in [-0.15, -0.1) is 0 Å². The molecule has 1 aliphatic rings. The number of aliphatic carboxylic acids is 1. The molecule has 0 aromatic heterocycles. The second kappa shape index (κ2) is 7.72. The summed E-state index contributed by atoms with van der Waals surface area (Å²) in [5.41, 5.74) is 0. The topological polar surface area (TPSA) is 90.0 Å². The van der Waals surface area contributed by atoms with Crippen LogP contribution in [0.15, 0.2) is 0 Å². The number of rotatable bonds is 4. The molecule has 20 heavy (non-hydrogen) atoms. The minimum Gasteiger partial charge on any atom is -0.480 e. The van der Waals surface area contributed by atoms with Crippen molar-refractivity contribution in [2.24, 2.45) is 0 Å². The summed E-state index contributed by atoms with van der Waals surface area (Å²) in [6, 6.07) is -1.21. The molecule has 0 aromatic rings. The third-order valence-corrected chi connectivity index (χ3v) is 3.40. The summed E-state index contributed by atoms with van der Waals surface area (Å²) in [5.74, 6) is -1.01. The van der Waals surface area contributed by atoms with Gasteiger partial charge in [-0.2, -0.15) is 0 Å². The van der Waals surface area contributed by atoms with Crippen molar-refractivity contribution in [2.75, 3.05) is 26.2 Å². The maximum Gasteiger partial charge on any atom is 0.326 e. The van der Waals surface area contributed by atoms with Gasteiger partial charge in [0.25, 0.3) is 0 Å². The van der Waals surface area contributed by atoms with Crippen LogP contribution in [-0.2, 0) is 9.59 Å². The van der Waals surface area contributed by atoms with Crippen LogP contribution in [0, 0.1) is 0 Å². The van der Waals surface area contributed by atoms with Gasteiger partial charge in [-0.1, -0.05) is 13.3 Å². The van der Waals surface area contributed by atoms with Crippen LogP contribution in [0.2, 0.25) is 0 Å². The molecule has 1 fully saturated rings. The SMILES string of the molecule is CCC[C@H](NC(=O)N1CCCN(C(C)=O)CC1)C(=O)O. The summed E-state index contributed by atoms with van der Waals surface area (Å²) < 4.78 is 0. The van der Waals surface area contributed by atoms with Crippen molar-refractivity contribution in [3.05, 3.63) is 0 Å². The Morgan fingerprint density at radius 1 is 1.15 bits per heavy atom. The van der Waals surface area contributed by atoms with Crippen LogP contribution in [0.5, 0.6) is 0 Å². The first-order valence-electron chi connectivity index (χ1n) is 6.99. The second-order valence-corrected chi connectivity index (χ2v) is 4.98. The number of hydrogen-bond acceptors (Lipinski definition) is 3. The molecule has 7 heteroatoms. The van der Waals surface area contributed by atoms with Crippen LogP contribution in [0.3, 0.4) is 0 Å². The predicted octanol–water partition coefficient (Wildman–Crippen LogP) is 0.504. The number of urea groups is 1. The van der Waals surface area contributed by atoms with Gasteiger partial charge in [0, 0.05) is 33.1 Å². The van der Waals surface area contributed by atoms with Crippen molar-refractivity contribution < 1.29 is 19.5 Å². The fourth-order valence-electron chi connectivity index (χ4n) is 2.22. The van der Waals surface area contributed by atoms with Gasteiger partial charge in [0.05, 0.1) is 0 Å². The van der Waals surface area contributed by atoms with Gasteiger partial charge >= 0.3 is 12.0 Å². The largest absolute Gasteiger partial charge is 0.480 e. The van der Waals surface area contributed by atoms with E-state index in [2.05, 4.69) is 5.32 Å². The molecule has 1 saturated heterocycles. The van der Waals surface area contributed by atoms with E-state index in [-0.39, 0.29) is 11.9 Å². The zero-order valence-corrected chi connectivity index (χ0v) is 12.1. The Morgan fingerprint density at radius 3 is 2.30 bits per heavy atom. The molecule has 114 valence electrons. The highest BCUT2D eigenvalue weighted by Gasteiger charge is 2.24. The predicted molar refractivity (Wildman–Crippen MR) is 73.3 cm³/mol. The van der Waals surface area contributed by atoms with Crippen molar-refractivity contribution in [2.45, 2.75) is 39.2 Å². The fourth-order valence-corrected chi connectivity index (χ4v) is 2.22. The lowest BCUT2D eigenvalue weighted by Crippen LogP contribution is -2.49. The van der Waals surface area contributed by atoms with Gasteiger partial charge in [-0.05, 0) is 12.8 Å². The summed E-state index contributed by atoms with van der Waals surface area (Å²) >= 11 is 0. The lowest BCUT2D eigenvalue weighted by molar-refractivity contribution is -0.139. The highest BCUT2D eigenvalue weighted by molar-refractivity contribution is 5.82. The molecule has 1 rings (SSSR count). The van der Waals surface area contributed by atoms with E-state index >= 15 is 0 Å². The fraction of sp³-hybridized carbons (Fsp3) is 0.769. The Morgan fingerprint density at radius 2 is 1.75 bits per heavy atom. The Hall–Kier alpha value is -1.79. The van der Waals surface area contributed by atoms with Crippen LogP contribution in [0.4, 0.5) is 4.79 Å². The van der Waals surface area contributed by atoms with Crippen molar-refractivity contribution in [3.63, 3.8) is 0 Å². The van der Waals surface area contributed by atoms with Gasteiger partial charge in [0.15, 0.2) is 0 Å². The maximum absolute atomic E-state index is 12.1. The minimum atomic E-state index is -1.01. The summed E-state index contributed by atoms with van der Waals surface area (Å²) in [6.45, 7) is 5.48. The van der Waals surface area contributed by atoms with Gasteiger partial charge in [0.2, 0.25) is 5.91 Å². The Labute approximate surface area is 118 Å². The number of nitrogens with one attached hydrogen (secondary N) is 1. The van der Waals surface area contributed by atoms with E-state index in [9.17, 15) is 14.4 Å². The standard InChI is InChI=1S/C13H23N3O4/c1-3-5-11(12(18)19)14-13(20)16-7-4-6-15(8-9-16)10(2)17/h11H,3-9H2,1-2H3,(H,14,20)(H,18,19)/t11-/m0/s1. The molecule has 1 atom stereocenters. The van der Waals surface area contributed by atoms with Crippen LogP contribution in [0.1, 0.15) is 33.1 Å². The maximum atomic E-state index is 12.1. The number of hydrogen-bond donors (Lipinski definition) is 2. The number of nitrogens with zero attached hydrogens (tertiary/aromatic N) is 2. The van der Waals surface area contributed by atoms with Gasteiger partial charge in [-0.25, -0.2) is 9.59 Å². The summed E-state index contributed by atoms with van der Waals surface area (Å²) in [6.07, 6.45) is 1.81. The lowest BCUT2D eigenvalue weighted by Gasteiger charge is -2.23. The molecule has 0 aliphatic carbocycles. The third kappa shape index (κ3) is 4.71. The molecule has 0 saturated carbocycles. The molecule has 0 aromatic carbocycles. The average molecular weight is 285 g/mol. The lowest BCUT2D eigenvalue weighted by atomic mass is 10.2. The average Bonchev–Trinajstić information content (AvgIpc) is 2.63. The summed E-state index contributed by atoms with van der Waals surface area (Å²) in [7, 11) is 0. The second-order valence-electron chi connectivity index (χ2n) is 4.98. The summed E-state index contributed by atoms with van der Waals surface area (Å²) in [5, 5.41) is 11.6. The quantitative estimate of drug-likeness (QED) is 0.787. The van der Waals surface area contributed by atoms with Crippen molar-refractivity contribution in [3.8, 4) is 0 Å². The molecule has 1 heterocycles. The number of carbonyl (C=O) groups is 3. The van der Waals surface area contributed by atoms with Crippen molar-refractivity contribution in [1.29, 1.82) is 0 Å². The van der Waals surface area contributed by atoms with E-state index in [0.29, 0.717) is 45.4 Å². The van der Waals surface area contributed by atoms with Crippen LogP contribution < -0.4 is 5.32 Å². The monoisotopic (exact) mass is 285 g/mol. The van der Waals surface area contributed by atoms with Crippen molar-refractivity contribution >= 4 is 17.9 Å². The number of carboxylic acids is 1. The number of amides is 3. The number of carboxylic acid groups (broad SMARTS) is 1. The molecular formula is C13H23N3O4. The Balaban J connectivity index is 2.54. The van der Waals surface area contributed by atoms with E-state index in [1.54, 1.807) is 9.80 Å². The number of carbonyl (C=O) groups excluding carboxylic acids is 2. The first-order valence-corrected chi connectivity index (χ1v) is 6.99. The smallest absolute Gasteiger partial charge is 0.326 e. The van der Waals surface area contributed by atoms with Crippen LogP contribution >= 0.6 is 0 Å². The third-order valence-electron chi connectivity index (χ3n) is 3.40. The van der Waals surface area contributed by atoms with E-state index in [1.807, 2.05) is 6.92 Å². The highest BCUT2D eigenvalue weighted by Crippen LogP contribution is 2.05.